The van der Waals surface area contributed by atoms with Crippen LogP contribution in [0.25, 0.3) is 28.0 Å². The first-order chi connectivity index (χ1) is 13.5. The Morgan fingerprint density at radius 1 is 1.25 bits per heavy atom. The van der Waals surface area contributed by atoms with Gasteiger partial charge in [0.15, 0.2) is 0 Å². The number of aromatic amines is 1. The minimum absolute atomic E-state index is 0.0699. The highest BCUT2D eigenvalue weighted by atomic mass is 19.3. The largest absolute Gasteiger partial charge is 0.494 e. The number of ether oxygens (including phenoxy) is 1. The minimum Gasteiger partial charge on any atom is -0.494 e. The molecule has 0 atom stereocenters. The van der Waals surface area contributed by atoms with Crippen molar-refractivity contribution < 1.29 is 18.6 Å². The average Bonchev–Trinajstić information content (AvgIpc) is 3.27. The van der Waals surface area contributed by atoms with Gasteiger partial charge in [-0.3, -0.25) is 14.6 Å². The van der Waals surface area contributed by atoms with Crippen LogP contribution in [0.4, 0.5) is 8.78 Å². The van der Waals surface area contributed by atoms with Gasteiger partial charge < -0.3 is 9.84 Å². The molecular formula is C19H17F2N5O2. The number of halogens is 2. The van der Waals surface area contributed by atoms with Gasteiger partial charge in [0, 0.05) is 17.8 Å². The van der Waals surface area contributed by atoms with Crippen LogP contribution in [0.2, 0.25) is 0 Å². The van der Waals surface area contributed by atoms with E-state index >= 15 is 0 Å². The van der Waals surface area contributed by atoms with Crippen molar-refractivity contribution in [3.8, 4) is 28.7 Å². The molecule has 0 amide bonds. The molecule has 0 saturated carbocycles. The molecule has 0 fully saturated rings. The predicted octanol–water partition coefficient (Wildman–Crippen LogP) is 3.78. The Labute approximate surface area is 158 Å². The first-order valence-electron chi connectivity index (χ1n) is 8.53. The number of fused-ring (bicyclic) bond motifs is 1. The van der Waals surface area contributed by atoms with Crippen molar-refractivity contribution in [3.63, 3.8) is 0 Å². The summed E-state index contributed by atoms with van der Waals surface area (Å²) in [5.74, 6) is 0.936. The maximum absolute atomic E-state index is 12.4. The molecule has 0 unspecified atom stereocenters. The summed E-state index contributed by atoms with van der Waals surface area (Å²) in [5.41, 5.74) is 3.41. The summed E-state index contributed by atoms with van der Waals surface area (Å²) in [4.78, 5) is 8.73. The van der Waals surface area contributed by atoms with Gasteiger partial charge in [-0.25, -0.2) is 13.8 Å². The normalized spacial score (nSPS) is 11.5. The first-order valence-corrected chi connectivity index (χ1v) is 8.53. The molecule has 0 radical (unpaired) electrons. The lowest BCUT2D eigenvalue weighted by atomic mass is 10.1. The molecular weight excluding hydrogens is 368 g/mol. The van der Waals surface area contributed by atoms with Crippen molar-refractivity contribution in [2.24, 2.45) is 0 Å². The second-order valence-corrected chi connectivity index (χ2v) is 6.35. The fraction of sp³-hybridized carbons (Fsp3) is 0.211. The Bertz CT molecular complexity index is 1140. The van der Waals surface area contributed by atoms with Crippen molar-refractivity contribution in [3.05, 3.63) is 48.0 Å². The van der Waals surface area contributed by atoms with Gasteiger partial charge in [-0.2, -0.15) is 5.10 Å². The van der Waals surface area contributed by atoms with Crippen molar-refractivity contribution >= 4 is 10.9 Å². The van der Waals surface area contributed by atoms with Crippen molar-refractivity contribution in [1.82, 2.24) is 24.7 Å². The third-order valence-electron chi connectivity index (χ3n) is 4.44. The number of nitrogens with one attached hydrogen (secondary N) is 1. The maximum Gasteiger partial charge on any atom is 0.272 e. The fourth-order valence-corrected chi connectivity index (χ4v) is 3.21. The Morgan fingerprint density at radius 3 is 2.79 bits per heavy atom. The van der Waals surface area contributed by atoms with E-state index in [1.807, 2.05) is 19.9 Å². The molecule has 144 valence electrons. The summed E-state index contributed by atoms with van der Waals surface area (Å²) < 4.78 is 31.5. The van der Waals surface area contributed by atoms with Gasteiger partial charge in [-0.1, -0.05) is 0 Å². The van der Waals surface area contributed by atoms with E-state index in [1.54, 1.807) is 29.1 Å². The highest BCUT2D eigenvalue weighted by Gasteiger charge is 2.20. The number of H-pyrrole nitrogens is 1. The molecule has 4 heterocycles. The van der Waals surface area contributed by atoms with Crippen LogP contribution in [0.1, 0.15) is 11.3 Å². The van der Waals surface area contributed by atoms with Crippen LogP contribution in [0.3, 0.4) is 0 Å². The van der Waals surface area contributed by atoms with E-state index in [0.717, 1.165) is 11.3 Å². The Morgan fingerprint density at radius 2 is 2.07 bits per heavy atom. The van der Waals surface area contributed by atoms with E-state index in [4.69, 9.17) is 4.74 Å². The maximum atomic E-state index is 12.4. The quantitative estimate of drug-likeness (QED) is 0.546. The number of pyridine rings is 2. The van der Waals surface area contributed by atoms with Gasteiger partial charge in [0.2, 0.25) is 5.88 Å². The van der Waals surface area contributed by atoms with E-state index in [2.05, 4.69) is 20.2 Å². The molecule has 28 heavy (non-hydrogen) atoms. The number of aromatic nitrogens is 5. The third kappa shape index (κ3) is 3.04. The van der Waals surface area contributed by atoms with Crippen LogP contribution in [0.5, 0.6) is 11.6 Å². The van der Waals surface area contributed by atoms with Crippen molar-refractivity contribution in [2.45, 2.75) is 20.3 Å². The lowest BCUT2D eigenvalue weighted by Gasteiger charge is -2.08. The Kier molecular flexibility index (Phi) is 4.42. The number of aryl methyl sites for hydroxylation is 2. The van der Waals surface area contributed by atoms with Gasteiger partial charge in [-0.05, 0) is 31.5 Å². The van der Waals surface area contributed by atoms with Gasteiger partial charge in [0.05, 0.1) is 34.7 Å². The molecule has 0 spiro atoms. The molecule has 2 N–H and O–H groups in total. The highest BCUT2D eigenvalue weighted by molar-refractivity contribution is 5.93. The standard InChI is InChI=1S/C19H17F2N5O2/c1-10-5-14(12-6-13(8-22-7-12)28-9-15(20)21)24-18-11(2)26(19(27)17(10)18)16-3-4-23-25-16/h3-8,15,27H,9H2,1-2H3,(H,23,25). The monoisotopic (exact) mass is 385 g/mol. The molecule has 0 aromatic carbocycles. The number of nitrogens with zero attached hydrogens (tertiary/aromatic N) is 4. The Hall–Kier alpha value is -3.49. The number of hydrogen-bond acceptors (Lipinski definition) is 5. The lowest BCUT2D eigenvalue weighted by molar-refractivity contribution is 0.0817. The molecule has 4 aromatic rings. The fourth-order valence-electron chi connectivity index (χ4n) is 3.21. The summed E-state index contributed by atoms with van der Waals surface area (Å²) in [5, 5.41) is 18.1. The SMILES string of the molecule is Cc1cc(-c2cncc(OCC(F)F)c2)nc2c(C)n(-c3ccn[nH]3)c(O)c12. The zero-order valence-corrected chi connectivity index (χ0v) is 15.1. The van der Waals surface area contributed by atoms with E-state index in [9.17, 15) is 13.9 Å². The molecule has 0 bridgehead atoms. The second kappa shape index (κ2) is 6.91. The van der Waals surface area contributed by atoms with Crippen LogP contribution >= 0.6 is 0 Å². The molecule has 0 aliphatic carbocycles. The van der Waals surface area contributed by atoms with Crippen molar-refractivity contribution in [1.29, 1.82) is 0 Å². The summed E-state index contributed by atoms with van der Waals surface area (Å²) >= 11 is 0. The number of rotatable bonds is 5. The second-order valence-electron chi connectivity index (χ2n) is 6.35. The van der Waals surface area contributed by atoms with E-state index in [1.165, 1.54) is 6.20 Å². The third-order valence-corrected chi connectivity index (χ3v) is 4.44. The molecule has 4 aromatic heterocycles. The lowest BCUT2D eigenvalue weighted by Crippen LogP contribution is -2.07. The summed E-state index contributed by atoms with van der Waals surface area (Å²) in [6, 6.07) is 5.17. The van der Waals surface area contributed by atoms with Crippen LogP contribution < -0.4 is 4.74 Å². The van der Waals surface area contributed by atoms with Crippen LogP contribution in [0, 0.1) is 13.8 Å². The van der Waals surface area contributed by atoms with Gasteiger partial charge in [-0.15, -0.1) is 0 Å². The highest BCUT2D eigenvalue weighted by Crippen LogP contribution is 2.36. The van der Waals surface area contributed by atoms with Gasteiger partial charge >= 0.3 is 0 Å². The van der Waals surface area contributed by atoms with Crippen LogP contribution in [0.15, 0.2) is 36.8 Å². The zero-order chi connectivity index (χ0) is 19.8. The van der Waals surface area contributed by atoms with Crippen LogP contribution in [-0.2, 0) is 0 Å². The topological polar surface area (TPSA) is 88.9 Å². The van der Waals surface area contributed by atoms with E-state index in [-0.39, 0.29) is 11.6 Å². The van der Waals surface area contributed by atoms with Gasteiger partial charge in [0.25, 0.3) is 6.43 Å². The zero-order valence-electron chi connectivity index (χ0n) is 15.1. The molecule has 0 aliphatic heterocycles. The summed E-state index contributed by atoms with van der Waals surface area (Å²) in [7, 11) is 0. The van der Waals surface area contributed by atoms with Crippen LogP contribution in [-0.4, -0.2) is 42.9 Å². The van der Waals surface area contributed by atoms with Gasteiger partial charge in [0.1, 0.15) is 18.2 Å². The number of aromatic hydroxyl groups is 1. The molecule has 9 heteroatoms. The van der Waals surface area contributed by atoms with E-state index < -0.39 is 13.0 Å². The molecule has 0 aliphatic rings. The number of alkyl halides is 2. The predicted molar refractivity (Wildman–Crippen MR) is 99.1 cm³/mol. The first kappa shape index (κ1) is 17.9. The molecule has 7 nitrogen and oxygen atoms in total. The molecule has 0 saturated heterocycles. The Balaban J connectivity index is 1.82. The smallest absolute Gasteiger partial charge is 0.272 e. The summed E-state index contributed by atoms with van der Waals surface area (Å²) in [6.45, 7) is 3.02. The number of hydrogen-bond donors (Lipinski definition) is 2. The average molecular weight is 385 g/mol. The minimum atomic E-state index is -2.56. The molecule has 4 rings (SSSR count). The summed E-state index contributed by atoms with van der Waals surface area (Å²) in [6.07, 6.45) is 2.00. The van der Waals surface area contributed by atoms with E-state index in [0.29, 0.717) is 28.0 Å². The van der Waals surface area contributed by atoms with Crippen molar-refractivity contribution in [2.75, 3.05) is 6.61 Å².